The van der Waals surface area contributed by atoms with Crippen LogP contribution in [-0.4, -0.2) is 44.0 Å². The van der Waals surface area contributed by atoms with Gasteiger partial charge in [-0.25, -0.2) is 0 Å². The Kier molecular flexibility index (Phi) is 11.6. The number of methoxy groups -OCH3 is 1. The van der Waals surface area contributed by atoms with E-state index in [1.54, 1.807) is 7.11 Å². The molecule has 1 saturated carbocycles. The van der Waals surface area contributed by atoms with Gasteiger partial charge in [-0.3, -0.25) is 0 Å². The van der Waals surface area contributed by atoms with Crippen molar-refractivity contribution in [3.8, 4) is 5.75 Å². The number of para-hydroxylation sites is 1. The summed E-state index contributed by atoms with van der Waals surface area (Å²) in [6.45, 7) is 10.3. The van der Waals surface area contributed by atoms with E-state index < -0.39 is 0 Å². The van der Waals surface area contributed by atoms with Gasteiger partial charge < -0.3 is 14.5 Å². The third-order valence-electron chi connectivity index (χ3n) is 6.15. The largest absolute Gasteiger partial charge is 0.496 e. The van der Waals surface area contributed by atoms with Gasteiger partial charge in [-0.2, -0.15) is 0 Å². The third-order valence-corrected chi connectivity index (χ3v) is 6.15. The van der Waals surface area contributed by atoms with Crippen molar-refractivity contribution in [3.05, 3.63) is 35.4 Å². The Labute approximate surface area is 184 Å². The van der Waals surface area contributed by atoms with Crippen LogP contribution in [0, 0.1) is 5.92 Å². The molecule has 0 heterocycles. The first-order chi connectivity index (χ1) is 14.7. The maximum absolute atomic E-state index is 5.86. The summed E-state index contributed by atoms with van der Waals surface area (Å²) < 4.78 is 5.57. The van der Waals surface area contributed by atoms with Crippen molar-refractivity contribution in [2.45, 2.75) is 72.1 Å². The highest BCUT2D eigenvalue weighted by Crippen LogP contribution is 2.33. The molecule has 0 amide bonds. The van der Waals surface area contributed by atoms with E-state index in [1.165, 1.54) is 56.2 Å². The molecule has 2 rings (SSSR count). The van der Waals surface area contributed by atoms with E-state index >= 15 is 0 Å². The first-order valence-electron chi connectivity index (χ1n) is 12.0. The van der Waals surface area contributed by atoms with E-state index in [4.69, 9.17) is 14.7 Å². The van der Waals surface area contributed by atoms with Crippen LogP contribution < -0.4 is 4.74 Å². The minimum absolute atomic E-state index is 0.505. The van der Waals surface area contributed by atoms with Gasteiger partial charge in [0.1, 0.15) is 12.4 Å². The van der Waals surface area contributed by atoms with E-state index in [0.717, 1.165) is 37.4 Å². The second-order valence-electron chi connectivity index (χ2n) is 8.19. The van der Waals surface area contributed by atoms with Crippen LogP contribution in [0.25, 0.3) is 6.08 Å². The fourth-order valence-corrected chi connectivity index (χ4v) is 4.24. The second-order valence-corrected chi connectivity index (χ2v) is 8.19. The Balaban J connectivity index is 2.17. The van der Waals surface area contributed by atoms with Crippen molar-refractivity contribution in [2.24, 2.45) is 11.1 Å². The molecule has 0 aliphatic heterocycles. The molecule has 0 bridgehead atoms. The molecule has 1 aliphatic carbocycles. The van der Waals surface area contributed by atoms with Crippen molar-refractivity contribution < 1.29 is 9.57 Å². The number of benzene rings is 1. The molecule has 30 heavy (non-hydrogen) atoms. The fraction of sp³-hybridized carbons (Fsp3) is 0.654. The Morgan fingerprint density at radius 2 is 1.90 bits per heavy atom. The SMILES string of the molecule is CCCCCCC1CCCC(=C\c2ccccc2OC)/C1=N/OCCN(CC)CC. The number of nitrogens with zero attached hydrogens (tertiary/aromatic N) is 2. The molecule has 1 atom stereocenters. The summed E-state index contributed by atoms with van der Waals surface area (Å²) in [6.07, 6.45) is 12.2. The Bertz CT molecular complexity index is 665. The molecule has 1 aromatic rings. The number of likely N-dealkylation sites (N-methyl/N-ethyl adjacent to an activating group) is 1. The summed E-state index contributed by atoms with van der Waals surface area (Å²) in [4.78, 5) is 8.23. The van der Waals surface area contributed by atoms with E-state index in [9.17, 15) is 0 Å². The zero-order valence-corrected chi connectivity index (χ0v) is 19.7. The lowest BCUT2D eigenvalue weighted by atomic mass is 9.80. The molecule has 1 fully saturated rings. The fourth-order valence-electron chi connectivity index (χ4n) is 4.24. The molecule has 1 unspecified atom stereocenters. The normalized spacial score (nSPS) is 19.6. The van der Waals surface area contributed by atoms with Gasteiger partial charge in [0.15, 0.2) is 0 Å². The van der Waals surface area contributed by atoms with Crippen LogP contribution in [-0.2, 0) is 4.84 Å². The molecule has 0 spiro atoms. The summed E-state index contributed by atoms with van der Waals surface area (Å²) in [6, 6.07) is 8.23. The number of ether oxygens (including phenoxy) is 1. The van der Waals surface area contributed by atoms with Crippen molar-refractivity contribution in [3.63, 3.8) is 0 Å². The number of hydrogen-bond acceptors (Lipinski definition) is 4. The highest BCUT2D eigenvalue weighted by Gasteiger charge is 2.25. The quantitative estimate of drug-likeness (QED) is 0.271. The maximum atomic E-state index is 5.86. The lowest BCUT2D eigenvalue weighted by Gasteiger charge is -2.26. The van der Waals surface area contributed by atoms with Gasteiger partial charge in [0.2, 0.25) is 0 Å². The molecule has 0 saturated heterocycles. The zero-order chi connectivity index (χ0) is 21.6. The monoisotopic (exact) mass is 414 g/mol. The van der Waals surface area contributed by atoms with E-state index in [0.29, 0.717) is 12.5 Å². The summed E-state index contributed by atoms with van der Waals surface area (Å²) in [5, 5.41) is 4.72. The van der Waals surface area contributed by atoms with E-state index in [2.05, 4.69) is 43.9 Å². The second kappa shape index (κ2) is 14.2. The van der Waals surface area contributed by atoms with Crippen molar-refractivity contribution in [1.82, 2.24) is 4.90 Å². The first-order valence-corrected chi connectivity index (χ1v) is 12.0. The Morgan fingerprint density at radius 1 is 1.10 bits per heavy atom. The molecule has 4 nitrogen and oxygen atoms in total. The number of oxime groups is 1. The standard InChI is InChI=1S/C26H42N2O2/c1-5-8-9-10-14-22-16-13-17-24(21-23-15-11-12-18-25(23)29-4)26(22)27-30-20-19-28(6-2)7-3/h11-12,15,18,21-22H,5-10,13-14,16-17,19-20H2,1-4H3/b24-21+,27-26+. The molecule has 0 N–H and O–H groups in total. The van der Waals surface area contributed by atoms with Crippen LogP contribution in [0.4, 0.5) is 0 Å². The van der Waals surface area contributed by atoms with Gasteiger partial charge in [-0.05, 0) is 56.5 Å². The molecule has 4 heteroatoms. The van der Waals surface area contributed by atoms with Gasteiger partial charge in [0, 0.05) is 18.0 Å². The molecule has 1 aromatic carbocycles. The lowest BCUT2D eigenvalue weighted by Crippen LogP contribution is -2.27. The van der Waals surface area contributed by atoms with Crippen LogP contribution in [0.3, 0.4) is 0 Å². The van der Waals surface area contributed by atoms with Gasteiger partial charge in [0.25, 0.3) is 0 Å². The van der Waals surface area contributed by atoms with Crippen molar-refractivity contribution in [1.29, 1.82) is 0 Å². The summed E-state index contributed by atoms with van der Waals surface area (Å²) in [5.74, 6) is 1.42. The maximum Gasteiger partial charge on any atom is 0.129 e. The molecule has 168 valence electrons. The average Bonchev–Trinajstić information content (AvgIpc) is 2.78. The highest BCUT2D eigenvalue weighted by atomic mass is 16.6. The number of rotatable bonds is 13. The topological polar surface area (TPSA) is 34.1 Å². The molecule has 0 aromatic heterocycles. The smallest absolute Gasteiger partial charge is 0.129 e. The first kappa shape index (κ1) is 24.5. The van der Waals surface area contributed by atoms with Crippen LogP contribution in [0.1, 0.15) is 77.7 Å². The molecule has 0 radical (unpaired) electrons. The third kappa shape index (κ3) is 7.79. The highest BCUT2D eigenvalue weighted by molar-refractivity contribution is 6.05. The van der Waals surface area contributed by atoms with E-state index in [1.807, 2.05) is 12.1 Å². The zero-order valence-electron chi connectivity index (χ0n) is 19.7. The lowest BCUT2D eigenvalue weighted by molar-refractivity contribution is 0.112. The predicted octanol–water partition coefficient (Wildman–Crippen LogP) is 6.56. The van der Waals surface area contributed by atoms with E-state index in [-0.39, 0.29) is 0 Å². The van der Waals surface area contributed by atoms with Crippen molar-refractivity contribution >= 4 is 11.8 Å². The minimum atomic E-state index is 0.505. The summed E-state index contributed by atoms with van der Waals surface area (Å²) in [7, 11) is 1.74. The Morgan fingerprint density at radius 3 is 2.63 bits per heavy atom. The molecule has 1 aliphatic rings. The van der Waals surface area contributed by atoms with Gasteiger partial charge >= 0.3 is 0 Å². The van der Waals surface area contributed by atoms with Crippen LogP contribution in [0.5, 0.6) is 5.75 Å². The molecular weight excluding hydrogens is 372 g/mol. The summed E-state index contributed by atoms with van der Waals surface area (Å²) >= 11 is 0. The Hall–Kier alpha value is -1.81. The predicted molar refractivity (Wildman–Crippen MR) is 128 cm³/mol. The number of unbranched alkanes of at least 4 members (excludes halogenated alkanes) is 3. The van der Waals surface area contributed by atoms with Gasteiger partial charge in [-0.1, -0.05) is 69.8 Å². The average molecular weight is 415 g/mol. The van der Waals surface area contributed by atoms with Crippen molar-refractivity contribution in [2.75, 3.05) is 33.4 Å². The molecular formula is C26H42N2O2. The minimum Gasteiger partial charge on any atom is -0.496 e. The van der Waals surface area contributed by atoms with Crippen LogP contribution in [0.15, 0.2) is 35.0 Å². The van der Waals surface area contributed by atoms with Gasteiger partial charge in [-0.15, -0.1) is 0 Å². The van der Waals surface area contributed by atoms with Crippen LogP contribution in [0.2, 0.25) is 0 Å². The summed E-state index contributed by atoms with van der Waals surface area (Å²) in [5.41, 5.74) is 3.61. The number of hydrogen-bond donors (Lipinski definition) is 0. The number of allylic oxidation sites excluding steroid dienone is 1. The van der Waals surface area contributed by atoms with Crippen LogP contribution >= 0.6 is 0 Å². The van der Waals surface area contributed by atoms with Gasteiger partial charge in [0.05, 0.1) is 12.8 Å².